The summed E-state index contributed by atoms with van der Waals surface area (Å²) in [4.78, 5) is 0. The second kappa shape index (κ2) is 6.42. The molecule has 0 bridgehead atoms. The highest BCUT2D eigenvalue weighted by atomic mass is 32.2. The first-order chi connectivity index (χ1) is 12.8. The lowest BCUT2D eigenvalue weighted by Gasteiger charge is -2.55. The lowest BCUT2D eigenvalue weighted by atomic mass is 9.69. The maximum Gasteiger partial charge on any atom is 0.442 e. The van der Waals surface area contributed by atoms with Gasteiger partial charge in [0.2, 0.25) is 0 Å². The minimum absolute atomic E-state index is 0.0726. The molecule has 180 valence electrons. The van der Waals surface area contributed by atoms with Gasteiger partial charge in [0.05, 0.1) is 6.61 Å². The van der Waals surface area contributed by atoms with E-state index in [-0.39, 0.29) is 4.72 Å². The molecule has 4 nitrogen and oxygen atoms in total. The molecule has 2 N–H and O–H groups in total. The van der Waals surface area contributed by atoms with Crippen LogP contribution in [-0.4, -0.2) is 73.1 Å². The van der Waals surface area contributed by atoms with Crippen LogP contribution in [0.4, 0.5) is 65.9 Å². The number of rotatable bonds is 5. The number of nitrogens with one attached hydrogen (secondary N) is 1. The smallest absolute Gasteiger partial charge is 0.395 e. The maximum absolute atomic E-state index is 14.6. The van der Waals surface area contributed by atoms with Crippen molar-refractivity contribution in [2.24, 2.45) is 0 Å². The summed E-state index contributed by atoms with van der Waals surface area (Å²) in [5.74, 6) is -41.2. The van der Waals surface area contributed by atoms with Gasteiger partial charge in [0.25, 0.3) is 10.0 Å². The van der Waals surface area contributed by atoms with Crippen LogP contribution in [0.3, 0.4) is 0 Å². The molecule has 1 unspecified atom stereocenters. The standard InChI is InChI=1S/C10H6F15NO3S/c11-3(9(22,10(23,24)25)30(28,29)26-1-2-27)4(12,13)6(16,17)8(20,21)7(18,19)5(3,14)15/h26-27H,1-2H2. The molecule has 1 fully saturated rings. The molecular weight excluding hydrogens is 499 g/mol. The van der Waals surface area contributed by atoms with E-state index in [1.54, 1.807) is 0 Å². The van der Waals surface area contributed by atoms with Gasteiger partial charge in [-0.05, 0) is 0 Å². The molecule has 0 aromatic heterocycles. The van der Waals surface area contributed by atoms with E-state index in [0.717, 1.165) is 0 Å². The highest BCUT2D eigenvalue weighted by molar-refractivity contribution is 7.90. The number of halogens is 15. The SMILES string of the molecule is O=S(=O)(NCCO)C(F)(C(F)(F)F)C1(F)C(F)(F)C(F)(F)C(F)(F)C(F)(F)C1(F)F. The van der Waals surface area contributed by atoms with Crippen molar-refractivity contribution in [2.75, 3.05) is 13.2 Å². The molecule has 0 radical (unpaired) electrons. The number of hydrogen-bond donors (Lipinski definition) is 2. The zero-order chi connectivity index (χ0) is 24.6. The fourth-order valence-corrected chi connectivity index (χ4v) is 3.93. The Morgan fingerprint density at radius 1 is 0.667 bits per heavy atom. The van der Waals surface area contributed by atoms with Crippen molar-refractivity contribution in [3.63, 3.8) is 0 Å². The number of alkyl halides is 15. The minimum atomic E-state index is -8.55. The van der Waals surface area contributed by atoms with Gasteiger partial charge in [-0.15, -0.1) is 0 Å². The van der Waals surface area contributed by atoms with E-state index < -0.39 is 69.6 Å². The van der Waals surface area contributed by atoms with Gasteiger partial charge in [0.15, 0.2) is 0 Å². The van der Waals surface area contributed by atoms with E-state index >= 15 is 0 Å². The van der Waals surface area contributed by atoms with Crippen molar-refractivity contribution in [3.8, 4) is 0 Å². The fraction of sp³-hybridized carbons (Fsp3) is 1.00. The molecule has 1 aliphatic carbocycles. The Morgan fingerprint density at radius 3 is 1.23 bits per heavy atom. The summed E-state index contributed by atoms with van der Waals surface area (Å²) >= 11 is 0. The Hall–Kier alpha value is -1.18. The van der Waals surface area contributed by atoms with Crippen molar-refractivity contribution < 1.29 is 79.4 Å². The van der Waals surface area contributed by atoms with Crippen molar-refractivity contribution >= 4 is 10.0 Å². The van der Waals surface area contributed by atoms with Gasteiger partial charge in [-0.1, -0.05) is 0 Å². The van der Waals surface area contributed by atoms with Crippen molar-refractivity contribution in [1.82, 2.24) is 4.72 Å². The third kappa shape index (κ3) is 2.49. The zero-order valence-corrected chi connectivity index (χ0v) is 14.1. The van der Waals surface area contributed by atoms with Crippen LogP contribution in [0.2, 0.25) is 0 Å². The first-order valence-corrected chi connectivity index (χ1v) is 8.23. The third-order valence-corrected chi connectivity index (χ3v) is 5.86. The summed E-state index contributed by atoms with van der Waals surface area (Å²) < 4.78 is 225. The second-order valence-electron chi connectivity index (χ2n) is 5.74. The number of hydrogen-bond acceptors (Lipinski definition) is 3. The van der Waals surface area contributed by atoms with Gasteiger partial charge >= 0.3 is 46.5 Å². The molecule has 0 aliphatic heterocycles. The molecule has 0 amide bonds. The van der Waals surface area contributed by atoms with E-state index in [4.69, 9.17) is 5.11 Å². The Labute approximate surface area is 155 Å². The predicted octanol–water partition coefficient (Wildman–Crippen LogP) is 3.02. The normalized spacial score (nSPS) is 28.5. The van der Waals surface area contributed by atoms with Gasteiger partial charge < -0.3 is 5.11 Å². The largest absolute Gasteiger partial charge is 0.442 e. The lowest BCUT2D eigenvalue weighted by Crippen LogP contribution is -2.90. The van der Waals surface area contributed by atoms with Crippen molar-refractivity contribution in [1.29, 1.82) is 0 Å². The third-order valence-electron chi connectivity index (χ3n) is 4.02. The van der Waals surface area contributed by atoms with Crippen LogP contribution in [-0.2, 0) is 10.0 Å². The Morgan fingerprint density at radius 2 is 0.967 bits per heavy atom. The summed E-state index contributed by atoms with van der Waals surface area (Å²) in [7, 11) is -7.83. The molecule has 1 rings (SSSR count). The van der Waals surface area contributed by atoms with E-state index in [0.29, 0.717) is 0 Å². The van der Waals surface area contributed by atoms with Gasteiger partial charge in [-0.25, -0.2) is 21.9 Å². The molecule has 20 heteroatoms. The first kappa shape index (κ1) is 26.9. The molecule has 0 spiro atoms. The maximum atomic E-state index is 14.6. The average Bonchev–Trinajstić information content (AvgIpc) is 2.55. The minimum Gasteiger partial charge on any atom is -0.395 e. The van der Waals surface area contributed by atoms with Gasteiger partial charge in [0.1, 0.15) is 0 Å². The highest BCUT2D eigenvalue weighted by Crippen LogP contribution is 2.74. The van der Waals surface area contributed by atoms with Gasteiger partial charge in [-0.3, -0.25) is 0 Å². The van der Waals surface area contributed by atoms with Crippen LogP contribution in [0.5, 0.6) is 0 Å². The van der Waals surface area contributed by atoms with Crippen LogP contribution in [0.25, 0.3) is 0 Å². The first-order valence-electron chi connectivity index (χ1n) is 6.75. The van der Waals surface area contributed by atoms with E-state index in [1.165, 1.54) is 0 Å². The monoisotopic (exact) mass is 505 g/mol. The summed E-state index contributed by atoms with van der Waals surface area (Å²) in [6, 6.07) is 0. The molecule has 0 heterocycles. The van der Waals surface area contributed by atoms with Gasteiger partial charge in [0, 0.05) is 6.54 Å². The quantitative estimate of drug-likeness (QED) is 0.565. The van der Waals surface area contributed by atoms with Crippen LogP contribution in [0.15, 0.2) is 0 Å². The summed E-state index contributed by atoms with van der Waals surface area (Å²) in [5, 5.41) is 0.182. The van der Waals surface area contributed by atoms with E-state index in [1.807, 2.05) is 0 Å². The predicted molar refractivity (Wildman–Crippen MR) is 62.5 cm³/mol. The summed E-state index contributed by atoms with van der Waals surface area (Å²) in [5.41, 5.74) is -8.55. The molecule has 1 aliphatic rings. The highest BCUT2D eigenvalue weighted by Gasteiger charge is 3.08. The Kier molecular flexibility index (Phi) is 5.75. The van der Waals surface area contributed by atoms with Crippen molar-refractivity contribution in [2.45, 2.75) is 46.5 Å². The van der Waals surface area contributed by atoms with Gasteiger partial charge in [-0.2, -0.15) is 57.1 Å². The molecule has 1 atom stereocenters. The summed E-state index contributed by atoms with van der Waals surface area (Å²) in [6.45, 7) is -3.55. The number of aliphatic hydroxyl groups excluding tert-OH is 1. The van der Waals surface area contributed by atoms with Crippen LogP contribution in [0, 0.1) is 0 Å². The van der Waals surface area contributed by atoms with Crippen molar-refractivity contribution in [3.05, 3.63) is 0 Å². The topological polar surface area (TPSA) is 66.4 Å². The zero-order valence-electron chi connectivity index (χ0n) is 13.3. The van der Waals surface area contributed by atoms with E-state index in [9.17, 15) is 74.3 Å². The number of sulfonamides is 1. The Bertz CT molecular complexity index is 761. The summed E-state index contributed by atoms with van der Waals surface area (Å²) in [6.07, 6.45) is -7.96. The molecule has 1 saturated carbocycles. The average molecular weight is 505 g/mol. The Balaban J connectivity index is 4.27. The molecule has 30 heavy (non-hydrogen) atoms. The molecular formula is C10H6F15NO3S. The van der Waals surface area contributed by atoms with E-state index in [2.05, 4.69) is 0 Å². The van der Waals surface area contributed by atoms with Crippen LogP contribution < -0.4 is 4.72 Å². The second-order valence-corrected chi connectivity index (χ2v) is 7.60. The molecule has 0 aromatic rings. The fourth-order valence-electron chi connectivity index (χ4n) is 2.44. The molecule has 0 aromatic carbocycles. The number of aliphatic hydroxyl groups is 1. The van der Waals surface area contributed by atoms with Crippen LogP contribution in [0.1, 0.15) is 0 Å². The van der Waals surface area contributed by atoms with Crippen LogP contribution >= 0.6 is 0 Å². The lowest BCUT2D eigenvalue weighted by molar-refractivity contribution is -0.502. The molecule has 0 saturated heterocycles.